The lowest BCUT2D eigenvalue weighted by molar-refractivity contribution is 0.0763. The first-order valence-electron chi connectivity index (χ1n) is 12.6. The fourth-order valence-electron chi connectivity index (χ4n) is 4.96. The third-order valence-corrected chi connectivity index (χ3v) is 7.26. The smallest absolute Gasteiger partial charge is 0.253 e. The minimum absolute atomic E-state index is 0.0742. The van der Waals surface area contributed by atoms with Crippen LogP contribution >= 0.6 is 0 Å². The molecule has 7 heteroatoms. The molecule has 2 fully saturated rings. The van der Waals surface area contributed by atoms with Gasteiger partial charge in [0.1, 0.15) is 5.75 Å². The average molecular weight is 450 g/mol. The number of carbonyl (C=O) groups excluding carboxylic acids is 1. The molecule has 33 heavy (non-hydrogen) atoms. The zero-order chi connectivity index (χ0) is 22.6. The number of hydrogen-bond donors (Lipinski definition) is 0. The highest BCUT2D eigenvalue weighted by Gasteiger charge is 2.29. The molecule has 0 radical (unpaired) electrons. The molecule has 1 saturated heterocycles. The minimum Gasteiger partial charge on any atom is -0.494 e. The van der Waals surface area contributed by atoms with Gasteiger partial charge in [-0.05, 0) is 55.5 Å². The number of carbonyl (C=O) groups is 1. The van der Waals surface area contributed by atoms with Gasteiger partial charge in [-0.3, -0.25) is 9.69 Å². The Morgan fingerprint density at radius 2 is 1.79 bits per heavy atom. The summed E-state index contributed by atoms with van der Waals surface area (Å²) < 4.78 is 5.64. The first-order valence-corrected chi connectivity index (χ1v) is 12.6. The number of hydrogen-bond acceptors (Lipinski definition) is 6. The molecule has 0 atom stereocenters. The highest BCUT2D eigenvalue weighted by atomic mass is 16.5. The van der Waals surface area contributed by atoms with Crippen LogP contribution in [0, 0.1) is 0 Å². The van der Waals surface area contributed by atoms with Crippen molar-refractivity contribution in [2.24, 2.45) is 0 Å². The van der Waals surface area contributed by atoms with E-state index in [1.807, 2.05) is 35.4 Å². The van der Waals surface area contributed by atoms with Crippen molar-refractivity contribution in [3.8, 4) is 5.75 Å². The van der Waals surface area contributed by atoms with Gasteiger partial charge in [-0.15, -0.1) is 0 Å². The Morgan fingerprint density at radius 3 is 2.48 bits per heavy atom. The van der Waals surface area contributed by atoms with Gasteiger partial charge in [-0.1, -0.05) is 13.3 Å². The van der Waals surface area contributed by atoms with Gasteiger partial charge in [0.15, 0.2) is 0 Å². The van der Waals surface area contributed by atoms with Crippen LogP contribution in [-0.2, 0) is 12.8 Å². The van der Waals surface area contributed by atoms with Crippen molar-refractivity contribution in [1.29, 1.82) is 0 Å². The van der Waals surface area contributed by atoms with Gasteiger partial charge in [-0.25, -0.2) is 9.97 Å². The molecule has 3 aliphatic rings. The molecule has 1 aliphatic carbocycles. The van der Waals surface area contributed by atoms with Crippen LogP contribution in [0.1, 0.15) is 54.2 Å². The second kappa shape index (κ2) is 10.1. The summed E-state index contributed by atoms with van der Waals surface area (Å²) in [7, 11) is 0. The lowest BCUT2D eigenvalue weighted by Crippen LogP contribution is -2.52. The summed E-state index contributed by atoms with van der Waals surface area (Å²) >= 11 is 0. The van der Waals surface area contributed by atoms with Crippen LogP contribution in [-0.4, -0.2) is 77.6 Å². The first kappa shape index (κ1) is 22.1. The Bertz CT molecular complexity index is 952. The van der Waals surface area contributed by atoms with E-state index in [0.29, 0.717) is 25.3 Å². The highest BCUT2D eigenvalue weighted by Crippen LogP contribution is 2.26. The van der Waals surface area contributed by atoms with E-state index >= 15 is 0 Å². The number of amides is 1. The summed E-state index contributed by atoms with van der Waals surface area (Å²) in [5, 5.41) is 0. The monoisotopic (exact) mass is 449 g/mol. The van der Waals surface area contributed by atoms with Crippen LogP contribution in [0.15, 0.2) is 30.5 Å². The molecule has 176 valence electrons. The second-order valence-electron chi connectivity index (χ2n) is 9.41. The van der Waals surface area contributed by atoms with Crippen molar-refractivity contribution in [2.45, 2.75) is 51.5 Å². The standard InChI is InChI=1S/C26H35N5O2/c1-2-18-33-23-8-6-20(7-9-23)25(32)30-12-10-21-19-27-26(28-24(21)11-13-30)31-16-14-29(15-17-31)22-4-3-5-22/h6-9,19,22H,2-5,10-18H2,1H3. The van der Waals surface area contributed by atoms with E-state index in [-0.39, 0.29) is 5.91 Å². The molecule has 7 nitrogen and oxygen atoms in total. The maximum Gasteiger partial charge on any atom is 0.253 e. The number of ether oxygens (including phenoxy) is 1. The van der Waals surface area contributed by atoms with Crippen molar-refractivity contribution in [3.05, 3.63) is 47.3 Å². The average Bonchev–Trinajstić information content (AvgIpc) is 3.04. The zero-order valence-electron chi connectivity index (χ0n) is 19.7. The molecule has 0 bridgehead atoms. The number of benzene rings is 1. The predicted octanol–water partition coefficient (Wildman–Crippen LogP) is 3.18. The molecule has 0 unspecified atom stereocenters. The number of anilines is 1. The van der Waals surface area contributed by atoms with E-state index in [2.05, 4.69) is 16.7 Å². The molecule has 3 heterocycles. The maximum atomic E-state index is 13.1. The van der Waals surface area contributed by atoms with Gasteiger partial charge in [0.05, 0.1) is 12.3 Å². The molecule has 1 saturated carbocycles. The molecule has 1 aromatic carbocycles. The van der Waals surface area contributed by atoms with E-state index in [0.717, 1.165) is 68.9 Å². The summed E-state index contributed by atoms with van der Waals surface area (Å²) in [4.78, 5) is 29.7. The van der Waals surface area contributed by atoms with Crippen LogP contribution in [0.25, 0.3) is 0 Å². The lowest BCUT2D eigenvalue weighted by atomic mass is 9.91. The number of fused-ring (bicyclic) bond motifs is 1. The SMILES string of the molecule is CCCOc1ccc(C(=O)N2CCc3cnc(N4CCN(C5CCC5)CC4)nc3CC2)cc1. The quantitative estimate of drug-likeness (QED) is 0.675. The third kappa shape index (κ3) is 4.98. The minimum atomic E-state index is 0.0742. The summed E-state index contributed by atoms with van der Waals surface area (Å²) in [5.74, 6) is 1.74. The Balaban J connectivity index is 1.19. The molecular formula is C26H35N5O2. The number of piperazine rings is 1. The molecule has 2 aromatic rings. The highest BCUT2D eigenvalue weighted by molar-refractivity contribution is 5.94. The van der Waals surface area contributed by atoms with E-state index < -0.39 is 0 Å². The third-order valence-electron chi connectivity index (χ3n) is 7.26. The normalized spacial score (nSPS) is 19.5. The van der Waals surface area contributed by atoms with Gasteiger partial charge in [-0.2, -0.15) is 0 Å². The number of nitrogens with zero attached hydrogens (tertiary/aromatic N) is 5. The Morgan fingerprint density at radius 1 is 1.03 bits per heavy atom. The predicted molar refractivity (Wildman–Crippen MR) is 129 cm³/mol. The molecule has 0 spiro atoms. The van der Waals surface area contributed by atoms with Crippen molar-refractivity contribution in [3.63, 3.8) is 0 Å². The molecule has 1 amide bonds. The van der Waals surface area contributed by atoms with Crippen molar-refractivity contribution in [2.75, 3.05) is 50.8 Å². The van der Waals surface area contributed by atoms with Crippen LogP contribution in [0.5, 0.6) is 5.75 Å². The largest absolute Gasteiger partial charge is 0.494 e. The summed E-state index contributed by atoms with van der Waals surface area (Å²) in [6.45, 7) is 8.37. The van der Waals surface area contributed by atoms with Gasteiger partial charge >= 0.3 is 0 Å². The molecular weight excluding hydrogens is 414 g/mol. The molecule has 1 aromatic heterocycles. The Hall–Kier alpha value is -2.67. The van der Waals surface area contributed by atoms with Crippen LogP contribution in [0.2, 0.25) is 0 Å². The zero-order valence-corrected chi connectivity index (χ0v) is 19.7. The molecule has 2 aliphatic heterocycles. The lowest BCUT2D eigenvalue weighted by Gasteiger charge is -2.43. The van der Waals surface area contributed by atoms with Gasteiger partial charge < -0.3 is 14.5 Å². The maximum absolute atomic E-state index is 13.1. The van der Waals surface area contributed by atoms with Crippen molar-refractivity contribution >= 4 is 11.9 Å². The fourth-order valence-corrected chi connectivity index (χ4v) is 4.96. The summed E-state index contributed by atoms with van der Waals surface area (Å²) in [5.41, 5.74) is 2.98. The van der Waals surface area contributed by atoms with E-state index in [4.69, 9.17) is 14.7 Å². The second-order valence-corrected chi connectivity index (χ2v) is 9.41. The van der Waals surface area contributed by atoms with Gasteiger partial charge in [0.2, 0.25) is 5.95 Å². The van der Waals surface area contributed by atoms with E-state index in [1.54, 1.807) is 0 Å². The van der Waals surface area contributed by atoms with Crippen molar-refractivity contribution < 1.29 is 9.53 Å². The summed E-state index contributed by atoms with van der Waals surface area (Å²) in [6, 6.07) is 8.32. The van der Waals surface area contributed by atoms with E-state index in [9.17, 15) is 4.79 Å². The van der Waals surface area contributed by atoms with Crippen molar-refractivity contribution in [1.82, 2.24) is 19.8 Å². The topological polar surface area (TPSA) is 61.8 Å². The van der Waals surface area contributed by atoms with Crippen LogP contribution in [0.4, 0.5) is 5.95 Å². The molecule has 5 rings (SSSR count). The Labute approximate surface area is 196 Å². The van der Waals surface area contributed by atoms with E-state index in [1.165, 1.54) is 24.8 Å². The Kier molecular flexibility index (Phi) is 6.76. The first-order chi connectivity index (χ1) is 16.2. The fraction of sp³-hybridized carbons (Fsp3) is 0.577. The van der Waals surface area contributed by atoms with Gasteiger partial charge in [0.25, 0.3) is 5.91 Å². The molecule has 0 N–H and O–H groups in total. The number of aromatic nitrogens is 2. The summed E-state index contributed by atoms with van der Waals surface area (Å²) in [6.07, 6.45) is 8.64. The van der Waals surface area contributed by atoms with Gasteiger partial charge in [0, 0.05) is 63.5 Å². The van der Waals surface area contributed by atoms with Crippen LogP contribution < -0.4 is 9.64 Å². The number of rotatable bonds is 6. The van der Waals surface area contributed by atoms with Crippen LogP contribution in [0.3, 0.4) is 0 Å².